The fraction of sp³-hybridized carbons (Fsp3) is 0.308. The Morgan fingerprint density at radius 2 is 0.844 bits per heavy atom. The molecule has 0 saturated carbocycles. The van der Waals surface area contributed by atoms with Crippen molar-refractivity contribution < 1.29 is 23.3 Å². The van der Waals surface area contributed by atoms with Crippen molar-refractivity contribution in [1.29, 1.82) is 0 Å². The maximum absolute atomic E-state index is 3.06. The molecule has 0 aromatic heterocycles. The van der Waals surface area contributed by atoms with E-state index in [2.05, 4.69) is 133 Å². The van der Waals surface area contributed by atoms with Crippen molar-refractivity contribution in [1.82, 2.24) is 0 Å². The van der Waals surface area contributed by atoms with Gasteiger partial charge in [0.1, 0.15) is 0 Å². The summed E-state index contributed by atoms with van der Waals surface area (Å²) >= 11 is 1.36. The van der Waals surface area contributed by atoms with Crippen LogP contribution in [0.3, 0.4) is 0 Å². The van der Waals surface area contributed by atoms with Gasteiger partial charge in [0.05, 0.1) is 0 Å². The predicted octanol–water partition coefficient (Wildman–Crippen LogP) is 8.94. The van der Waals surface area contributed by atoms with Gasteiger partial charge >= 0.3 is 30.2 Å². The molecular formula is C26H38Cl2Si3Zr. The van der Waals surface area contributed by atoms with E-state index in [0.29, 0.717) is 0 Å². The average molecular weight is 597 g/mol. The number of aryl methyl sites for hydroxylation is 2. The van der Waals surface area contributed by atoms with Gasteiger partial charge in [0.15, 0.2) is 0 Å². The van der Waals surface area contributed by atoms with E-state index in [4.69, 9.17) is 0 Å². The normalized spacial score (nSPS) is 9.00. The molecule has 4 radical (unpaired) electrons. The van der Waals surface area contributed by atoms with Crippen LogP contribution in [0, 0.1) is 13.8 Å². The zero-order valence-corrected chi connectivity index (χ0v) is 27.8. The Hall–Kier alpha value is -0.226. The topological polar surface area (TPSA) is 0 Å². The summed E-state index contributed by atoms with van der Waals surface area (Å²) in [7, 11) is 0.241. The van der Waals surface area contributed by atoms with Gasteiger partial charge in [-0.15, -0.1) is 106 Å². The molecule has 0 aliphatic heterocycles. The van der Waals surface area contributed by atoms with E-state index in [0.717, 1.165) is 0 Å². The molecular weight excluding hydrogens is 559 g/mol. The molecule has 0 amide bonds. The maximum atomic E-state index is 3.06. The standard InChI is InChI=1S/2C10H9.2C3H9Si.2ClH.Si.Zr/c2*1-8-6-9-4-2-3-5-10(9)7-8;2*1-4(2)3;;;;/h2*2-7H,1H3;2*1-3H3;2*1H;;/q2*-1;;;;;;+2. The zero-order valence-electron chi connectivity index (χ0n) is 20.7. The van der Waals surface area contributed by atoms with Gasteiger partial charge in [-0.3, -0.25) is 0 Å². The first-order valence-electron chi connectivity index (χ1n) is 10.2. The molecule has 0 bridgehead atoms. The van der Waals surface area contributed by atoms with Crippen molar-refractivity contribution in [3.05, 3.63) is 83.9 Å². The quantitative estimate of drug-likeness (QED) is 0.140. The molecule has 6 heteroatoms. The molecule has 32 heavy (non-hydrogen) atoms. The molecule has 0 fully saturated rings. The second kappa shape index (κ2) is 21.3. The molecule has 4 aromatic rings. The minimum absolute atomic E-state index is 0. The molecule has 0 N–H and O–H groups in total. The van der Waals surface area contributed by atoms with E-state index in [1.165, 1.54) is 56.0 Å². The second-order valence-corrected chi connectivity index (χ2v) is 14.3. The molecule has 0 unspecified atom stereocenters. The van der Waals surface area contributed by atoms with E-state index in [9.17, 15) is 0 Å². The third-order valence-corrected chi connectivity index (χ3v) is 3.52. The van der Waals surface area contributed by atoms with E-state index in [-0.39, 0.29) is 42.4 Å². The van der Waals surface area contributed by atoms with Crippen LogP contribution in [0.1, 0.15) is 11.1 Å². The van der Waals surface area contributed by atoms with Crippen LogP contribution in [0.25, 0.3) is 21.5 Å². The number of fused-ring (bicyclic) bond motifs is 2. The summed E-state index contributed by atoms with van der Waals surface area (Å²) in [4.78, 5) is 0. The van der Waals surface area contributed by atoms with Crippen molar-refractivity contribution in [3.63, 3.8) is 0 Å². The van der Waals surface area contributed by atoms with E-state index >= 15 is 0 Å². The van der Waals surface area contributed by atoms with Gasteiger partial charge in [0.25, 0.3) is 0 Å². The molecule has 0 aliphatic rings. The Morgan fingerprint density at radius 3 is 1.09 bits per heavy atom. The molecule has 4 rings (SSSR count). The van der Waals surface area contributed by atoms with Crippen LogP contribution < -0.4 is 0 Å². The van der Waals surface area contributed by atoms with Crippen LogP contribution in [-0.4, -0.2) is 24.5 Å². The molecule has 0 saturated heterocycles. The Balaban J connectivity index is -0.000000362. The predicted molar refractivity (Wildman–Crippen MR) is 155 cm³/mol. The number of benzene rings is 2. The van der Waals surface area contributed by atoms with E-state index in [1.807, 2.05) is 0 Å². The molecule has 172 valence electrons. The van der Waals surface area contributed by atoms with E-state index < -0.39 is 0 Å². The number of halogens is 2. The summed E-state index contributed by atoms with van der Waals surface area (Å²) in [6, 6.07) is 25.7. The minimum atomic E-state index is 0. The number of rotatable bonds is 0. The molecule has 4 aromatic carbocycles. The van der Waals surface area contributed by atoms with Crippen molar-refractivity contribution >= 4 is 70.8 Å². The van der Waals surface area contributed by atoms with Crippen LogP contribution in [0.4, 0.5) is 0 Å². The molecule has 0 spiro atoms. The van der Waals surface area contributed by atoms with Gasteiger partial charge in [0.2, 0.25) is 0 Å². The Kier molecular flexibility index (Phi) is 24.2. The molecule has 0 atom stereocenters. The van der Waals surface area contributed by atoms with Gasteiger partial charge in [-0.2, -0.15) is 12.1 Å². The second-order valence-electron chi connectivity index (χ2n) is 8.32. The average Bonchev–Trinajstić information content (AvgIpc) is 3.23. The van der Waals surface area contributed by atoms with Crippen molar-refractivity contribution in [2.45, 2.75) is 53.1 Å². The molecule has 0 nitrogen and oxygen atoms in total. The third-order valence-electron chi connectivity index (χ3n) is 3.52. The zero-order chi connectivity index (χ0) is 23.1. The number of hydrogen-bond donors (Lipinski definition) is 0. The van der Waals surface area contributed by atoms with Gasteiger partial charge in [-0.05, 0) is 0 Å². The number of hydrogen-bond acceptors (Lipinski definition) is 0. The summed E-state index contributed by atoms with van der Waals surface area (Å²) in [5.41, 5.74) is 2.70. The van der Waals surface area contributed by atoms with Gasteiger partial charge in [-0.1, -0.05) is 65.3 Å². The summed E-state index contributed by atoms with van der Waals surface area (Å²) in [6.07, 6.45) is 0. The summed E-state index contributed by atoms with van der Waals surface area (Å²) < 4.78 is 0. The molecule has 0 heterocycles. The first-order valence-corrected chi connectivity index (χ1v) is 20.4. The third kappa shape index (κ3) is 17.3. The monoisotopic (exact) mass is 594 g/mol. The van der Waals surface area contributed by atoms with Crippen LogP contribution >= 0.6 is 24.8 Å². The SMILES string of the molecule is C[Si](C)C.C[Si](C)C.Cc1cc2ccccc2[cH-]1.Cc1cc2ccccc2[cH-]1.Cl.Cl.[Si]=[Zr+2]. The van der Waals surface area contributed by atoms with Crippen molar-refractivity contribution in [2.75, 3.05) is 0 Å². The molecule has 0 aliphatic carbocycles. The fourth-order valence-electron chi connectivity index (χ4n) is 2.61. The first kappa shape index (κ1) is 36.3. The van der Waals surface area contributed by atoms with Crippen molar-refractivity contribution in [2.24, 2.45) is 0 Å². The Morgan fingerprint density at radius 1 is 0.594 bits per heavy atom. The summed E-state index contributed by atoms with van der Waals surface area (Å²) in [6.45, 7) is 20.9. The van der Waals surface area contributed by atoms with Gasteiger partial charge < -0.3 is 0 Å². The summed E-state index contributed by atoms with van der Waals surface area (Å²) in [5.74, 6) is 0. The van der Waals surface area contributed by atoms with E-state index in [1.54, 1.807) is 0 Å². The Labute approximate surface area is 229 Å². The van der Waals surface area contributed by atoms with Crippen LogP contribution in [0.5, 0.6) is 0 Å². The first-order chi connectivity index (χ1) is 14.2. The summed E-state index contributed by atoms with van der Waals surface area (Å²) in [5, 5.41) is 5.39. The van der Waals surface area contributed by atoms with Crippen LogP contribution in [-0.2, 0) is 23.3 Å². The fourth-order valence-corrected chi connectivity index (χ4v) is 2.61. The van der Waals surface area contributed by atoms with Crippen LogP contribution in [0.2, 0.25) is 39.3 Å². The Bertz CT molecular complexity index is 812. The van der Waals surface area contributed by atoms with Crippen LogP contribution in [0.15, 0.2) is 72.8 Å². The van der Waals surface area contributed by atoms with Crippen molar-refractivity contribution in [3.8, 4) is 0 Å². The van der Waals surface area contributed by atoms with Gasteiger partial charge in [0, 0.05) is 17.6 Å². The van der Waals surface area contributed by atoms with Gasteiger partial charge in [-0.25, -0.2) is 0 Å².